The van der Waals surface area contributed by atoms with Crippen molar-refractivity contribution in [3.63, 3.8) is 0 Å². The van der Waals surface area contributed by atoms with E-state index in [1.807, 2.05) is 24.5 Å². The monoisotopic (exact) mass is 442 g/mol. The van der Waals surface area contributed by atoms with Gasteiger partial charge in [0.2, 0.25) is 0 Å². The number of carbonyl (C=O) groups excluding carboxylic acids is 2. The Kier molecular flexibility index (Phi) is 6.35. The minimum Gasteiger partial charge on any atom is -0.322 e. The zero-order valence-electron chi connectivity index (χ0n) is 18.1. The summed E-state index contributed by atoms with van der Waals surface area (Å²) in [6, 6.07) is 16.9. The van der Waals surface area contributed by atoms with Crippen molar-refractivity contribution in [3.05, 3.63) is 78.8 Å². The summed E-state index contributed by atoms with van der Waals surface area (Å²) in [5, 5.41) is 16.2. The van der Waals surface area contributed by atoms with E-state index >= 15 is 0 Å². The summed E-state index contributed by atoms with van der Waals surface area (Å²) < 4.78 is 1.89. The normalized spacial score (nSPS) is 10.6. The third kappa shape index (κ3) is 5.37. The molecule has 0 unspecified atom stereocenters. The van der Waals surface area contributed by atoms with Crippen LogP contribution >= 0.6 is 0 Å². The Labute approximate surface area is 190 Å². The number of urea groups is 1. The number of nitrogens with zero attached hydrogens (tertiary/aromatic N) is 5. The molecule has 0 aliphatic rings. The Balaban J connectivity index is 1.42. The fourth-order valence-electron chi connectivity index (χ4n) is 3.07. The fourth-order valence-corrected chi connectivity index (χ4v) is 3.07. The lowest BCUT2D eigenvalue weighted by molar-refractivity contribution is 0.102. The maximum Gasteiger partial charge on any atom is 0.326 e. The molecule has 0 spiro atoms. The van der Waals surface area contributed by atoms with Crippen molar-refractivity contribution in [1.82, 2.24) is 24.7 Å². The molecule has 0 atom stereocenters. The number of nitrogens with one attached hydrogen (secondary N) is 3. The highest BCUT2D eigenvalue weighted by Crippen LogP contribution is 2.20. The van der Waals surface area contributed by atoms with Gasteiger partial charge in [0.05, 0.1) is 0 Å². The third-order valence-corrected chi connectivity index (χ3v) is 4.64. The lowest BCUT2D eigenvalue weighted by atomic mass is 10.2. The zero-order valence-corrected chi connectivity index (χ0v) is 18.1. The van der Waals surface area contributed by atoms with E-state index in [2.05, 4.69) is 36.1 Å². The van der Waals surface area contributed by atoms with Crippen LogP contribution in [-0.4, -0.2) is 36.7 Å². The lowest BCUT2D eigenvalue weighted by Crippen LogP contribution is -2.21. The molecular weight excluding hydrogens is 420 g/mol. The van der Waals surface area contributed by atoms with E-state index < -0.39 is 6.03 Å². The van der Waals surface area contributed by atoms with E-state index in [-0.39, 0.29) is 17.8 Å². The first-order valence-electron chi connectivity index (χ1n) is 10.3. The molecule has 0 radical (unpaired) electrons. The molecule has 33 heavy (non-hydrogen) atoms. The molecule has 4 rings (SSSR count). The number of carbonyl (C=O) groups is 2. The summed E-state index contributed by atoms with van der Waals surface area (Å²) >= 11 is 0. The Morgan fingerprint density at radius 2 is 1.70 bits per heavy atom. The second-order valence-corrected chi connectivity index (χ2v) is 7.39. The number of hydrogen-bond donors (Lipinski definition) is 3. The first kappa shape index (κ1) is 21.6. The number of benzene rings is 1. The van der Waals surface area contributed by atoms with Crippen LogP contribution < -0.4 is 16.0 Å². The number of anilines is 3. The summed E-state index contributed by atoms with van der Waals surface area (Å²) in [7, 11) is 0. The second kappa shape index (κ2) is 9.69. The van der Waals surface area contributed by atoms with E-state index in [4.69, 9.17) is 0 Å². The molecule has 0 saturated carbocycles. The molecule has 3 aromatic heterocycles. The summed E-state index contributed by atoms with van der Waals surface area (Å²) in [6.07, 6.45) is 3.14. The number of hydrogen-bond acceptors (Lipinski definition) is 6. The number of pyridine rings is 2. The maximum absolute atomic E-state index is 12.5. The Bertz CT molecular complexity index is 1270. The van der Waals surface area contributed by atoms with Gasteiger partial charge >= 0.3 is 6.03 Å². The van der Waals surface area contributed by atoms with E-state index in [0.717, 1.165) is 0 Å². The van der Waals surface area contributed by atoms with Crippen molar-refractivity contribution in [2.75, 3.05) is 16.0 Å². The highest BCUT2D eigenvalue weighted by molar-refractivity contribution is 6.04. The fraction of sp³-hybridized carbons (Fsp3) is 0.130. The van der Waals surface area contributed by atoms with E-state index in [1.165, 1.54) is 6.20 Å². The van der Waals surface area contributed by atoms with Gasteiger partial charge in [-0.3, -0.25) is 15.4 Å². The van der Waals surface area contributed by atoms with Crippen LogP contribution in [0.2, 0.25) is 0 Å². The predicted molar refractivity (Wildman–Crippen MR) is 125 cm³/mol. The molecule has 3 amide bonds. The topological polar surface area (TPSA) is 127 Å². The Morgan fingerprint density at radius 3 is 2.48 bits per heavy atom. The molecule has 4 aromatic rings. The molecular formula is C23H22N8O2. The van der Waals surface area contributed by atoms with Crippen molar-refractivity contribution in [2.45, 2.75) is 19.9 Å². The SMILES string of the molecule is CC(C)n1cnnc1-c1cccc(NC(=O)Nc2cc(NC(=O)c3ccccc3)ccn2)n1. The molecule has 3 heterocycles. The molecule has 0 bridgehead atoms. The molecule has 0 aliphatic carbocycles. The lowest BCUT2D eigenvalue weighted by Gasteiger charge is -2.11. The van der Waals surface area contributed by atoms with Crippen molar-refractivity contribution in [1.29, 1.82) is 0 Å². The average molecular weight is 442 g/mol. The van der Waals surface area contributed by atoms with Gasteiger partial charge in [-0.05, 0) is 44.2 Å². The molecule has 1 aromatic carbocycles. The van der Waals surface area contributed by atoms with Crippen molar-refractivity contribution in [3.8, 4) is 11.5 Å². The minimum absolute atomic E-state index is 0.164. The molecule has 3 N–H and O–H groups in total. The first-order valence-corrected chi connectivity index (χ1v) is 10.3. The Hall–Kier alpha value is -4.60. The van der Waals surface area contributed by atoms with E-state index in [1.54, 1.807) is 60.9 Å². The summed E-state index contributed by atoms with van der Waals surface area (Å²) in [5.41, 5.74) is 1.62. The van der Waals surface area contributed by atoms with Crippen LogP contribution in [0, 0.1) is 0 Å². The van der Waals surface area contributed by atoms with Crippen molar-refractivity contribution < 1.29 is 9.59 Å². The van der Waals surface area contributed by atoms with Gasteiger partial charge in [-0.25, -0.2) is 14.8 Å². The maximum atomic E-state index is 12.5. The predicted octanol–water partition coefficient (Wildman–Crippen LogP) is 4.21. The number of rotatable bonds is 6. The molecule has 166 valence electrons. The molecule has 10 heteroatoms. The van der Waals surface area contributed by atoms with E-state index in [9.17, 15) is 9.59 Å². The summed E-state index contributed by atoms with van der Waals surface area (Å²) in [4.78, 5) is 33.4. The van der Waals surface area contributed by atoms with Gasteiger partial charge < -0.3 is 9.88 Å². The van der Waals surface area contributed by atoms with Gasteiger partial charge in [-0.2, -0.15) is 0 Å². The number of aromatic nitrogens is 5. The highest BCUT2D eigenvalue weighted by atomic mass is 16.2. The van der Waals surface area contributed by atoms with Crippen molar-refractivity contribution in [2.24, 2.45) is 0 Å². The number of amides is 3. The smallest absolute Gasteiger partial charge is 0.322 e. The third-order valence-electron chi connectivity index (χ3n) is 4.64. The van der Waals surface area contributed by atoms with Crippen LogP contribution in [0.1, 0.15) is 30.2 Å². The van der Waals surface area contributed by atoms with Crippen LogP contribution in [0.25, 0.3) is 11.5 Å². The largest absolute Gasteiger partial charge is 0.326 e. The van der Waals surface area contributed by atoms with Gasteiger partial charge in [0.25, 0.3) is 5.91 Å². The van der Waals surface area contributed by atoms with Gasteiger partial charge in [-0.1, -0.05) is 24.3 Å². The van der Waals surface area contributed by atoms with Crippen LogP contribution in [0.3, 0.4) is 0 Å². The molecule has 10 nitrogen and oxygen atoms in total. The van der Waals surface area contributed by atoms with Crippen LogP contribution in [0.4, 0.5) is 22.1 Å². The van der Waals surface area contributed by atoms with Crippen molar-refractivity contribution >= 4 is 29.3 Å². The molecule has 0 saturated heterocycles. The van der Waals surface area contributed by atoms with E-state index in [0.29, 0.717) is 28.6 Å². The van der Waals surface area contributed by atoms with Gasteiger partial charge in [0.15, 0.2) is 5.82 Å². The standard InChI is InChI=1S/C23H22N8O2/c1-15(2)31-14-25-30-21(31)18-9-6-10-19(27-18)28-23(33)29-20-13-17(11-12-24-20)26-22(32)16-7-4-3-5-8-16/h3-15H,1-2H3,(H3,24,26,27,28,29,32,33). The van der Waals surface area contributed by atoms with Gasteiger partial charge in [0.1, 0.15) is 23.7 Å². The summed E-state index contributed by atoms with van der Waals surface area (Å²) in [6.45, 7) is 4.04. The highest BCUT2D eigenvalue weighted by Gasteiger charge is 2.13. The van der Waals surface area contributed by atoms with Crippen LogP contribution in [0.5, 0.6) is 0 Å². The quantitative estimate of drug-likeness (QED) is 0.410. The summed E-state index contributed by atoms with van der Waals surface area (Å²) in [5.74, 6) is 0.968. The average Bonchev–Trinajstić information content (AvgIpc) is 3.30. The van der Waals surface area contributed by atoms with Gasteiger partial charge in [-0.15, -0.1) is 10.2 Å². The molecule has 0 fully saturated rings. The Morgan fingerprint density at radius 1 is 0.909 bits per heavy atom. The van der Waals surface area contributed by atoms with Crippen LogP contribution in [0.15, 0.2) is 73.2 Å². The second-order valence-electron chi connectivity index (χ2n) is 7.39. The zero-order chi connectivity index (χ0) is 23.2. The van der Waals surface area contributed by atoms with Gasteiger partial charge in [0, 0.05) is 29.6 Å². The first-order chi connectivity index (χ1) is 16.0. The molecule has 0 aliphatic heterocycles. The minimum atomic E-state index is -0.524. The van der Waals surface area contributed by atoms with Crippen LogP contribution in [-0.2, 0) is 0 Å².